The Kier molecular flexibility index (Phi) is 4.33. The molecule has 0 aromatic carbocycles. The average molecular weight is 322 g/mol. The number of carbonyl (C=O) groups is 2. The van der Waals surface area contributed by atoms with E-state index in [9.17, 15) is 9.59 Å². The Morgan fingerprint density at radius 2 is 2.05 bits per heavy atom. The van der Waals surface area contributed by atoms with Crippen molar-refractivity contribution in [1.82, 2.24) is 15.1 Å². The van der Waals surface area contributed by atoms with Gasteiger partial charge < -0.3 is 9.80 Å². The summed E-state index contributed by atoms with van der Waals surface area (Å²) in [6.45, 7) is 3.81. The van der Waals surface area contributed by atoms with E-state index in [0.29, 0.717) is 6.54 Å². The van der Waals surface area contributed by atoms with Crippen LogP contribution in [0.2, 0.25) is 0 Å². The fourth-order valence-electron chi connectivity index (χ4n) is 3.61. The average Bonchev–Trinajstić information content (AvgIpc) is 3.14. The van der Waals surface area contributed by atoms with E-state index in [1.165, 1.54) is 0 Å². The standard InChI is InChI=1S/C15H22N4O2S/c1-11(20)18-7-4-15(5-8-18)17-13(10-22-15)14(21)19-6-2-3-12(19)9-16/h12-13,17H,2-8,10H2,1H3/t12-,13-/m0/s1. The summed E-state index contributed by atoms with van der Waals surface area (Å²) in [5.41, 5.74) is 0. The molecule has 6 nitrogen and oxygen atoms in total. The number of likely N-dealkylation sites (tertiary alicyclic amines) is 2. The van der Waals surface area contributed by atoms with Crippen LogP contribution in [0.3, 0.4) is 0 Å². The lowest BCUT2D eigenvalue weighted by atomic mass is 10.0. The monoisotopic (exact) mass is 322 g/mol. The van der Waals surface area contributed by atoms with E-state index in [1.54, 1.807) is 23.6 Å². The van der Waals surface area contributed by atoms with E-state index in [-0.39, 0.29) is 28.8 Å². The minimum absolute atomic E-state index is 0.0717. The smallest absolute Gasteiger partial charge is 0.241 e. The van der Waals surface area contributed by atoms with Crippen LogP contribution in [0.15, 0.2) is 0 Å². The molecule has 7 heteroatoms. The fourth-order valence-corrected chi connectivity index (χ4v) is 5.02. The highest BCUT2D eigenvalue weighted by Gasteiger charge is 2.46. The molecule has 1 spiro atoms. The number of hydrogen-bond donors (Lipinski definition) is 1. The number of piperidine rings is 1. The molecule has 2 atom stereocenters. The van der Waals surface area contributed by atoms with Crippen LogP contribution in [0.4, 0.5) is 0 Å². The van der Waals surface area contributed by atoms with Gasteiger partial charge in [0.1, 0.15) is 6.04 Å². The van der Waals surface area contributed by atoms with Crippen molar-refractivity contribution in [1.29, 1.82) is 5.26 Å². The minimum atomic E-state index is -0.254. The number of nitriles is 1. The zero-order chi connectivity index (χ0) is 15.7. The molecule has 3 saturated heterocycles. The molecule has 0 aromatic rings. The van der Waals surface area contributed by atoms with E-state index in [1.807, 2.05) is 4.90 Å². The highest BCUT2D eigenvalue weighted by molar-refractivity contribution is 8.01. The van der Waals surface area contributed by atoms with Crippen molar-refractivity contribution >= 4 is 23.6 Å². The van der Waals surface area contributed by atoms with Crippen molar-refractivity contribution < 1.29 is 9.59 Å². The molecule has 1 N–H and O–H groups in total. The topological polar surface area (TPSA) is 76.4 Å². The Morgan fingerprint density at radius 1 is 1.32 bits per heavy atom. The largest absolute Gasteiger partial charge is 0.343 e. The third-order valence-corrected chi connectivity index (χ3v) is 6.54. The van der Waals surface area contributed by atoms with Crippen LogP contribution in [0.5, 0.6) is 0 Å². The predicted molar refractivity (Wildman–Crippen MR) is 83.9 cm³/mol. The number of thioether (sulfide) groups is 1. The number of nitrogens with one attached hydrogen (secondary N) is 1. The minimum Gasteiger partial charge on any atom is -0.343 e. The molecule has 120 valence electrons. The molecule has 0 radical (unpaired) electrons. The summed E-state index contributed by atoms with van der Waals surface area (Å²) >= 11 is 1.80. The molecule has 0 aromatic heterocycles. The van der Waals surface area contributed by atoms with E-state index in [4.69, 9.17) is 5.26 Å². The first kappa shape index (κ1) is 15.6. The quantitative estimate of drug-likeness (QED) is 0.763. The molecule has 3 aliphatic rings. The Balaban J connectivity index is 1.60. The van der Waals surface area contributed by atoms with Crippen molar-refractivity contribution in [2.75, 3.05) is 25.4 Å². The van der Waals surface area contributed by atoms with Crippen molar-refractivity contribution in [3.05, 3.63) is 0 Å². The summed E-state index contributed by atoms with van der Waals surface area (Å²) in [7, 11) is 0. The number of amides is 2. The predicted octanol–water partition coefficient (Wildman–Crippen LogP) is 0.545. The highest BCUT2D eigenvalue weighted by Crippen LogP contribution is 2.39. The molecule has 2 amide bonds. The molecule has 0 bridgehead atoms. The van der Waals surface area contributed by atoms with Crippen LogP contribution < -0.4 is 5.32 Å². The first-order chi connectivity index (χ1) is 10.5. The van der Waals surface area contributed by atoms with Gasteiger partial charge in [-0.05, 0) is 25.7 Å². The van der Waals surface area contributed by atoms with Crippen LogP contribution in [0.1, 0.15) is 32.6 Å². The second-order valence-electron chi connectivity index (χ2n) is 6.33. The van der Waals surface area contributed by atoms with Crippen LogP contribution in [-0.4, -0.2) is 64.0 Å². The Hall–Kier alpha value is -1.26. The van der Waals surface area contributed by atoms with Gasteiger partial charge in [-0.25, -0.2) is 0 Å². The number of nitrogens with zero attached hydrogens (tertiary/aromatic N) is 3. The van der Waals surface area contributed by atoms with Crippen molar-refractivity contribution in [2.24, 2.45) is 0 Å². The van der Waals surface area contributed by atoms with Crippen LogP contribution in [0.25, 0.3) is 0 Å². The van der Waals surface area contributed by atoms with Crippen LogP contribution >= 0.6 is 11.8 Å². The zero-order valence-corrected chi connectivity index (χ0v) is 13.7. The molecule has 22 heavy (non-hydrogen) atoms. The molecular formula is C15H22N4O2S. The Bertz CT molecular complexity index is 510. The summed E-state index contributed by atoms with van der Waals surface area (Å²) < 4.78 is 0. The summed E-state index contributed by atoms with van der Waals surface area (Å²) in [6, 6.07) is 1.79. The number of rotatable bonds is 1. The van der Waals surface area contributed by atoms with Crippen molar-refractivity contribution in [3.63, 3.8) is 0 Å². The van der Waals surface area contributed by atoms with Gasteiger partial charge in [-0.15, -0.1) is 11.8 Å². The summed E-state index contributed by atoms with van der Waals surface area (Å²) in [4.78, 5) is 27.6. The molecule has 0 saturated carbocycles. The first-order valence-corrected chi connectivity index (χ1v) is 8.90. The van der Waals surface area contributed by atoms with Crippen molar-refractivity contribution in [3.8, 4) is 6.07 Å². The molecule has 0 unspecified atom stereocenters. The van der Waals surface area contributed by atoms with Crippen LogP contribution in [0, 0.1) is 11.3 Å². The maximum absolute atomic E-state index is 12.6. The van der Waals surface area contributed by atoms with Gasteiger partial charge in [-0.2, -0.15) is 5.26 Å². The molecule has 3 heterocycles. The maximum atomic E-state index is 12.6. The van der Waals surface area contributed by atoms with Gasteiger partial charge in [0.2, 0.25) is 11.8 Å². The molecule has 0 aliphatic carbocycles. The zero-order valence-electron chi connectivity index (χ0n) is 12.9. The fraction of sp³-hybridized carbons (Fsp3) is 0.800. The number of hydrogen-bond acceptors (Lipinski definition) is 5. The molecular weight excluding hydrogens is 300 g/mol. The lowest BCUT2D eigenvalue weighted by Crippen LogP contribution is -2.55. The van der Waals surface area contributed by atoms with E-state index in [0.717, 1.165) is 44.5 Å². The van der Waals surface area contributed by atoms with Gasteiger partial charge in [-0.3, -0.25) is 14.9 Å². The summed E-state index contributed by atoms with van der Waals surface area (Å²) in [6.07, 6.45) is 3.47. The van der Waals surface area contributed by atoms with Crippen molar-refractivity contribution in [2.45, 2.75) is 49.6 Å². The summed E-state index contributed by atoms with van der Waals surface area (Å²) in [5, 5.41) is 12.7. The van der Waals surface area contributed by atoms with Gasteiger partial charge in [0.25, 0.3) is 0 Å². The van der Waals surface area contributed by atoms with Gasteiger partial charge in [0.05, 0.1) is 17.0 Å². The lowest BCUT2D eigenvalue weighted by molar-refractivity contribution is -0.134. The lowest BCUT2D eigenvalue weighted by Gasteiger charge is -2.39. The van der Waals surface area contributed by atoms with Crippen LogP contribution in [-0.2, 0) is 9.59 Å². The van der Waals surface area contributed by atoms with E-state index >= 15 is 0 Å². The van der Waals surface area contributed by atoms with Gasteiger partial charge in [0.15, 0.2) is 0 Å². The molecule has 3 aliphatic heterocycles. The molecule has 3 rings (SSSR count). The second kappa shape index (κ2) is 6.09. The van der Waals surface area contributed by atoms with E-state index in [2.05, 4.69) is 11.4 Å². The van der Waals surface area contributed by atoms with Gasteiger partial charge in [-0.1, -0.05) is 0 Å². The Labute approximate surface area is 135 Å². The first-order valence-electron chi connectivity index (χ1n) is 7.92. The normalized spacial score (nSPS) is 30.5. The SMILES string of the molecule is CC(=O)N1CCC2(CC1)N[C@H](C(=O)N1CCC[C@H]1C#N)CS2. The highest BCUT2D eigenvalue weighted by atomic mass is 32.2. The molecule has 3 fully saturated rings. The second-order valence-corrected chi connectivity index (χ2v) is 7.73. The van der Waals surface area contributed by atoms with E-state index < -0.39 is 0 Å². The van der Waals surface area contributed by atoms with Gasteiger partial charge in [0, 0.05) is 32.3 Å². The third kappa shape index (κ3) is 2.82. The third-order valence-electron chi connectivity index (χ3n) is 4.96. The summed E-state index contributed by atoms with van der Waals surface area (Å²) in [5.74, 6) is 0.954. The maximum Gasteiger partial charge on any atom is 0.241 e. The van der Waals surface area contributed by atoms with Gasteiger partial charge >= 0.3 is 0 Å². The number of carbonyl (C=O) groups excluding carboxylic acids is 2. The Morgan fingerprint density at radius 3 is 2.68 bits per heavy atom.